The number of carbonyl (C=O) groups excluding carboxylic acids is 1. The molecule has 110 valence electrons. The highest BCUT2D eigenvalue weighted by atomic mass is 19.4. The first-order chi connectivity index (χ1) is 9.85. The standard InChI is InChI=1S/C15H10F4O2/c16-13-7-6-11(21-15(17,18)19)9-12(13)14(20)8-10-4-2-1-3-5-10/h1-7,9H,8H2. The van der Waals surface area contributed by atoms with Gasteiger partial charge in [-0.3, -0.25) is 4.79 Å². The zero-order valence-corrected chi connectivity index (χ0v) is 10.7. The molecule has 2 nitrogen and oxygen atoms in total. The lowest BCUT2D eigenvalue weighted by molar-refractivity contribution is -0.274. The molecule has 0 unspecified atom stereocenters. The van der Waals surface area contributed by atoms with Crippen LogP contribution in [-0.2, 0) is 6.42 Å². The van der Waals surface area contributed by atoms with E-state index in [1.54, 1.807) is 30.3 Å². The number of ketones is 1. The van der Waals surface area contributed by atoms with Crippen molar-refractivity contribution in [3.05, 3.63) is 65.5 Å². The fourth-order valence-electron chi connectivity index (χ4n) is 1.79. The average molecular weight is 298 g/mol. The Bertz CT molecular complexity index is 636. The lowest BCUT2D eigenvalue weighted by Crippen LogP contribution is -2.17. The van der Waals surface area contributed by atoms with Crippen LogP contribution in [0.25, 0.3) is 0 Å². The molecular weight excluding hydrogens is 288 g/mol. The molecule has 0 aliphatic carbocycles. The minimum absolute atomic E-state index is 0.104. The number of ether oxygens (including phenoxy) is 1. The van der Waals surface area contributed by atoms with Gasteiger partial charge in [-0.15, -0.1) is 13.2 Å². The highest BCUT2D eigenvalue weighted by Crippen LogP contribution is 2.25. The van der Waals surface area contributed by atoms with Crippen molar-refractivity contribution in [1.29, 1.82) is 0 Å². The molecule has 2 rings (SSSR count). The van der Waals surface area contributed by atoms with Gasteiger partial charge in [-0.2, -0.15) is 0 Å². The maximum Gasteiger partial charge on any atom is 0.573 e. The molecular formula is C15H10F4O2. The van der Waals surface area contributed by atoms with Gasteiger partial charge in [0.05, 0.1) is 5.56 Å². The molecule has 21 heavy (non-hydrogen) atoms. The van der Waals surface area contributed by atoms with Crippen LogP contribution in [0, 0.1) is 5.82 Å². The van der Waals surface area contributed by atoms with Crippen LogP contribution in [0.1, 0.15) is 15.9 Å². The Morgan fingerprint density at radius 1 is 1.05 bits per heavy atom. The van der Waals surface area contributed by atoms with Crippen LogP contribution in [0.5, 0.6) is 5.75 Å². The lowest BCUT2D eigenvalue weighted by atomic mass is 10.0. The molecule has 2 aromatic carbocycles. The second-order valence-electron chi connectivity index (χ2n) is 4.28. The molecule has 0 bridgehead atoms. The second-order valence-corrected chi connectivity index (χ2v) is 4.28. The summed E-state index contributed by atoms with van der Waals surface area (Å²) in [5.74, 6) is -2.13. The smallest absolute Gasteiger partial charge is 0.406 e. The highest BCUT2D eigenvalue weighted by molar-refractivity contribution is 5.98. The van der Waals surface area contributed by atoms with E-state index in [4.69, 9.17) is 0 Å². The average Bonchev–Trinajstić information content (AvgIpc) is 2.40. The van der Waals surface area contributed by atoms with Crippen LogP contribution in [-0.4, -0.2) is 12.1 Å². The number of carbonyl (C=O) groups is 1. The summed E-state index contributed by atoms with van der Waals surface area (Å²) in [6.45, 7) is 0. The monoisotopic (exact) mass is 298 g/mol. The van der Waals surface area contributed by atoms with Crippen LogP contribution < -0.4 is 4.74 Å². The third-order valence-corrected chi connectivity index (χ3v) is 2.68. The van der Waals surface area contributed by atoms with Crippen molar-refractivity contribution in [2.75, 3.05) is 0 Å². The zero-order chi connectivity index (χ0) is 15.5. The summed E-state index contributed by atoms with van der Waals surface area (Å²) >= 11 is 0. The van der Waals surface area contributed by atoms with Gasteiger partial charge in [0, 0.05) is 6.42 Å². The maximum atomic E-state index is 13.6. The fourth-order valence-corrected chi connectivity index (χ4v) is 1.79. The van der Waals surface area contributed by atoms with E-state index >= 15 is 0 Å². The van der Waals surface area contributed by atoms with E-state index in [-0.39, 0.29) is 6.42 Å². The predicted molar refractivity (Wildman–Crippen MR) is 67.6 cm³/mol. The van der Waals surface area contributed by atoms with Crippen LogP contribution in [0.2, 0.25) is 0 Å². The van der Waals surface area contributed by atoms with Gasteiger partial charge in [-0.1, -0.05) is 30.3 Å². The number of hydrogen-bond acceptors (Lipinski definition) is 2. The third kappa shape index (κ3) is 4.30. The molecule has 0 aliphatic rings. The topological polar surface area (TPSA) is 26.3 Å². The number of benzene rings is 2. The molecule has 0 heterocycles. The van der Waals surface area contributed by atoms with Crippen molar-refractivity contribution < 1.29 is 27.1 Å². The molecule has 0 amide bonds. The molecule has 0 aromatic heterocycles. The van der Waals surface area contributed by atoms with Crippen LogP contribution >= 0.6 is 0 Å². The summed E-state index contributed by atoms with van der Waals surface area (Å²) in [7, 11) is 0. The fraction of sp³-hybridized carbons (Fsp3) is 0.133. The van der Waals surface area contributed by atoms with Crippen molar-refractivity contribution in [3.63, 3.8) is 0 Å². The van der Waals surface area contributed by atoms with Gasteiger partial charge in [0.1, 0.15) is 11.6 Å². The van der Waals surface area contributed by atoms with E-state index in [2.05, 4.69) is 4.74 Å². The summed E-state index contributed by atoms with van der Waals surface area (Å²) in [6, 6.07) is 10.9. The van der Waals surface area contributed by atoms with Gasteiger partial charge < -0.3 is 4.74 Å². The Morgan fingerprint density at radius 3 is 2.33 bits per heavy atom. The molecule has 0 saturated carbocycles. The Balaban J connectivity index is 2.22. The summed E-state index contributed by atoms with van der Waals surface area (Å²) in [4.78, 5) is 12.0. The molecule has 0 spiro atoms. The summed E-state index contributed by atoms with van der Waals surface area (Å²) in [5, 5.41) is 0. The quantitative estimate of drug-likeness (QED) is 0.626. The van der Waals surface area contributed by atoms with E-state index in [1.165, 1.54) is 0 Å². The van der Waals surface area contributed by atoms with E-state index in [1.807, 2.05) is 0 Å². The van der Waals surface area contributed by atoms with Crippen molar-refractivity contribution >= 4 is 5.78 Å². The van der Waals surface area contributed by atoms with Gasteiger partial charge in [0.25, 0.3) is 0 Å². The molecule has 6 heteroatoms. The number of alkyl halides is 3. The van der Waals surface area contributed by atoms with Gasteiger partial charge in [0.2, 0.25) is 0 Å². The van der Waals surface area contributed by atoms with Gasteiger partial charge >= 0.3 is 6.36 Å². The van der Waals surface area contributed by atoms with Crippen LogP contribution in [0.4, 0.5) is 17.6 Å². The van der Waals surface area contributed by atoms with E-state index in [9.17, 15) is 22.4 Å². The van der Waals surface area contributed by atoms with Gasteiger partial charge in [0.15, 0.2) is 5.78 Å². The first-order valence-electron chi connectivity index (χ1n) is 5.97. The summed E-state index contributed by atoms with van der Waals surface area (Å²) < 4.78 is 53.6. The van der Waals surface area contributed by atoms with E-state index in [0.29, 0.717) is 5.56 Å². The van der Waals surface area contributed by atoms with E-state index in [0.717, 1.165) is 18.2 Å². The highest BCUT2D eigenvalue weighted by Gasteiger charge is 2.31. The van der Waals surface area contributed by atoms with Crippen molar-refractivity contribution in [2.24, 2.45) is 0 Å². The Hall–Kier alpha value is -2.37. The molecule has 0 radical (unpaired) electrons. The first-order valence-corrected chi connectivity index (χ1v) is 5.97. The largest absolute Gasteiger partial charge is 0.573 e. The molecule has 0 fully saturated rings. The number of hydrogen-bond donors (Lipinski definition) is 0. The second kappa shape index (κ2) is 5.95. The minimum atomic E-state index is -4.89. The Labute approximate surface area is 118 Å². The van der Waals surface area contributed by atoms with Crippen LogP contribution in [0.15, 0.2) is 48.5 Å². The zero-order valence-electron chi connectivity index (χ0n) is 10.7. The Morgan fingerprint density at radius 2 is 1.71 bits per heavy atom. The number of Topliss-reactive ketones (excluding diaryl/α,β-unsaturated/α-hetero) is 1. The molecule has 0 atom stereocenters. The maximum absolute atomic E-state index is 13.6. The number of halogens is 4. The Kier molecular flexibility index (Phi) is 4.26. The third-order valence-electron chi connectivity index (χ3n) is 2.68. The predicted octanol–water partition coefficient (Wildman–Crippen LogP) is 4.15. The van der Waals surface area contributed by atoms with Gasteiger partial charge in [-0.25, -0.2) is 4.39 Å². The summed E-state index contributed by atoms with van der Waals surface area (Å²) in [6.07, 6.45) is -5.00. The molecule has 0 N–H and O–H groups in total. The molecule has 0 aliphatic heterocycles. The molecule has 0 saturated heterocycles. The van der Waals surface area contributed by atoms with Crippen LogP contribution in [0.3, 0.4) is 0 Å². The van der Waals surface area contributed by atoms with Crippen molar-refractivity contribution in [1.82, 2.24) is 0 Å². The molecule has 2 aromatic rings. The minimum Gasteiger partial charge on any atom is -0.406 e. The first kappa shape index (κ1) is 15.0. The lowest BCUT2D eigenvalue weighted by Gasteiger charge is -2.10. The van der Waals surface area contributed by atoms with E-state index < -0.39 is 29.3 Å². The van der Waals surface area contributed by atoms with Crippen molar-refractivity contribution in [2.45, 2.75) is 12.8 Å². The van der Waals surface area contributed by atoms with Crippen molar-refractivity contribution in [3.8, 4) is 5.75 Å². The summed E-state index contributed by atoms with van der Waals surface area (Å²) in [5.41, 5.74) is 0.213. The number of rotatable bonds is 4. The normalized spacial score (nSPS) is 11.2. The SMILES string of the molecule is O=C(Cc1ccccc1)c1cc(OC(F)(F)F)ccc1F. The van der Waals surface area contributed by atoms with Gasteiger partial charge in [-0.05, 0) is 23.8 Å².